The maximum atomic E-state index is 12.1. The van der Waals surface area contributed by atoms with Crippen molar-refractivity contribution in [3.05, 3.63) is 65.7 Å². The van der Waals surface area contributed by atoms with E-state index in [-0.39, 0.29) is 0 Å². The summed E-state index contributed by atoms with van der Waals surface area (Å²) in [6.07, 6.45) is 0. The highest BCUT2D eigenvalue weighted by molar-refractivity contribution is 6.16. The van der Waals surface area contributed by atoms with Crippen molar-refractivity contribution in [1.82, 2.24) is 4.98 Å². The van der Waals surface area contributed by atoms with E-state index in [1.165, 1.54) is 0 Å². The van der Waals surface area contributed by atoms with Gasteiger partial charge >= 0.3 is 0 Å². The van der Waals surface area contributed by atoms with Crippen molar-refractivity contribution in [2.24, 2.45) is 11.5 Å². The molecule has 0 aliphatic carbocycles. The smallest absolute Gasteiger partial charge is 0.250 e. The van der Waals surface area contributed by atoms with Gasteiger partial charge in [0.25, 0.3) is 5.91 Å². The maximum absolute atomic E-state index is 12.1. The van der Waals surface area contributed by atoms with Gasteiger partial charge in [-0.3, -0.25) is 9.59 Å². The summed E-state index contributed by atoms with van der Waals surface area (Å²) < 4.78 is 5.29. The number of ether oxygens (including phenoxy) is 1. The monoisotopic (exact) mass is 359 g/mol. The first-order valence-electron chi connectivity index (χ1n) is 8.31. The van der Waals surface area contributed by atoms with E-state index in [2.05, 4.69) is 4.98 Å². The van der Waals surface area contributed by atoms with Crippen molar-refractivity contribution in [3.63, 3.8) is 0 Å². The summed E-state index contributed by atoms with van der Waals surface area (Å²) >= 11 is 0. The molecular formula is C21H17N3O3. The quantitative estimate of drug-likeness (QED) is 0.520. The largest absolute Gasteiger partial charge is 0.497 e. The number of hydrogen-bond donors (Lipinski definition) is 3. The Labute approximate surface area is 154 Å². The molecule has 0 atom stereocenters. The van der Waals surface area contributed by atoms with Crippen molar-refractivity contribution >= 4 is 33.6 Å². The van der Waals surface area contributed by atoms with Crippen LogP contribution in [0, 0.1) is 0 Å². The van der Waals surface area contributed by atoms with Gasteiger partial charge in [0.2, 0.25) is 5.91 Å². The Bertz CT molecular complexity index is 1220. The molecule has 5 N–H and O–H groups in total. The molecule has 0 aliphatic rings. The lowest BCUT2D eigenvalue weighted by Crippen LogP contribution is -2.11. The third kappa shape index (κ3) is 2.77. The Morgan fingerprint density at radius 2 is 1.70 bits per heavy atom. The van der Waals surface area contributed by atoms with Gasteiger partial charge in [0, 0.05) is 21.9 Å². The Morgan fingerprint density at radius 3 is 2.41 bits per heavy atom. The molecule has 4 aromatic rings. The van der Waals surface area contributed by atoms with Crippen LogP contribution in [0.2, 0.25) is 0 Å². The minimum Gasteiger partial charge on any atom is -0.497 e. The van der Waals surface area contributed by atoms with E-state index in [4.69, 9.17) is 16.2 Å². The highest BCUT2D eigenvalue weighted by Crippen LogP contribution is 2.34. The number of benzene rings is 3. The Morgan fingerprint density at radius 1 is 0.889 bits per heavy atom. The highest BCUT2D eigenvalue weighted by Gasteiger charge is 2.16. The van der Waals surface area contributed by atoms with Crippen LogP contribution in [0.4, 0.5) is 0 Å². The number of aromatic amines is 1. The van der Waals surface area contributed by atoms with Gasteiger partial charge in [-0.05, 0) is 47.5 Å². The van der Waals surface area contributed by atoms with Gasteiger partial charge in [-0.25, -0.2) is 0 Å². The van der Waals surface area contributed by atoms with Crippen LogP contribution in [0.5, 0.6) is 5.75 Å². The average molecular weight is 359 g/mol. The van der Waals surface area contributed by atoms with Crippen LogP contribution < -0.4 is 16.2 Å². The fourth-order valence-corrected chi connectivity index (χ4v) is 3.32. The lowest BCUT2D eigenvalue weighted by molar-refractivity contribution is 0.0992. The van der Waals surface area contributed by atoms with Crippen molar-refractivity contribution in [2.75, 3.05) is 7.11 Å². The predicted octanol–water partition coefficient (Wildman–Crippen LogP) is 3.19. The first-order valence-corrected chi connectivity index (χ1v) is 8.31. The van der Waals surface area contributed by atoms with E-state index in [9.17, 15) is 9.59 Å². The number of nitrogens with two attached hydrogens (primary N) is 2. The zero-order chi connectivity index (χ0) is 19.1. The number of H-pyrrole nitrogens is 1. The Balaban J connectivity index is 2.03. The number of fused-ring (bicyclic) bond motifs is 3. The molecule has 0 aliphatic heterocycles. The first-order chi connectivity index (χ1) is 13.0. The van der Waals surface area contributed by atoms with Crippen LogP contribution in [0.1, 0.15) is 20.7 Å². The lowest BCUT2D eigenvalue weighted by atomic mass is 9.98. The van der Waals surface area contributed by atoms with E-state index in [0.29, 0.717) is 22.2 Å². The van der Waals surface area contributed by atoms with Crippen molar-refractivity contribution in [2.45, 2.75) is 0 Å². The number of methoxy groups -OCH3 is 1. The van der Waals surface area contributed by atoms with Crippen LogP contribution in [0.3, 0.4) is 0 Å². The van der Waals surface area contributed by atoms with Gasteiger partial charge in [0.05, 0.1) is 18.2 Å². The van der Waals surface area contributed by atoms with Crippen LogP contribution >= 0.6 is 0 Å². The number of carbonyl (C=O) groups excluding carboxylic acids is 2. The van der Waals surface area contributed by atoms with E-state index < -0.39 is 11.8 Å². The molecule has 0 saturated heterocycles. The second-order valence-electron chi connectivity index (χ2n) is 6.29. The number of aromatic nitrogens is 1. The average Bonchev–Trinajstić information content (AvgIpc) is 3.04. The molecule has 0 fully saturated rings. The number of primary amides is 2. The third-order valence-electron chi connectivity index (χ3n) is 4.66. The van der Waals surface area contributed by atoms with Gasteiger partial charge in [0.15, 0.2) is 0 Å². The van der Waals surface area contributed by atoms with Crippen LogP contribution in [0.25, 0.3) is 32.9 Å². The summed E-state index contributed by atoms with van der Waals surface area (Å²) in [5, 5.41) is 1.72. The topological polar surface area (TPSA) is 111 Å². The Hall–Kier alpha value is -3.80. The van der Waals surface area contributed by atoms with Gasteiger partial charge < -0.3 is 21.2 Å². The van der Waals surface area contributed by atoms with Crippen molar-refractivity contribution in [1.29, 1.82) is 0 Å². The van der Waals surface area contributed by atoms with Crippen molar-refractivity contribution in [3.8, 4) is 16.9 Å². The molecule has 0 spiro atoms. The molecule has 4 rings (SSSR count). The SMILES string of the molecule is COc1cccc(-c2cc(C(N)=O)c3[nH]c4cc(C(N)=O)ccc4c3c2)c1. The molecule has 0 radical (unpaired) electrons. The molecule has 27 heavy (non-hydrogen) atoms. The maximum Gasteiger partial charge on any atom is 0.250 e. The molecule has 134 valence electrons. The molecule has 2 amide bonds. The minimum atomic E-state index is -0.536. The number of rotatable bonds is 4. The third-order valence-corrected chi connectivity index (χ3v) is 4.66. The number of hydrogen-bond acceptors (Lipinski definition) is 3. The fourth-order valence-electron chi connectivity index (χ4n) is 3.32. The summed E-state index contributed by atoms with van der Waals surface area (Å²) in [6.45, 7) is 0. The second-order valence-corrected chi connectivity index (χ2v) is 6.29. The zero-order valence-corrected chi connectivity index (χ0v) is 14.6. The molecule has 0 unspecified atom stereocenters. The lowest BCUT2D eigenvalue weighted by Gasteiger charge is -2.08. The Kier molecular flexibility index (Phi) is 3.81. The van der Waals surface area contributed by atoms with E-state index >= 15 is 0 Å². The van der Waals surface area contributed by atoms with Gasteiger partial charge in [-0.2, -0.15) is 0 Å². The number of nitrogens with one attached hydrogen (secondary N) is 1. The van der Waals surface area contributed by atoms with Crippen LogP contribution in [-0.4, -0.2) is 23.9 Å². The number of amides is 2. The summed E-state index contributed by atoms with van der Waals surface area (Å²) in [4.78, 5) is 26.7. The van der Waals surface area contributed by atoms with E-state index in [1.54, 1.807) is 25.3 Å². The molecule has 0 bridgehead atoms. The fraction of sp³-hybridized carbons (Fsp3) is 0.0476. The van der Waals surface area contributed by atoms with E-state index in [1.807, 2.05) is 36.4 Å². The van der Waals surface area contributed by atoms with Gasteiger partial charge in [-0.1, -0.05) is 18.2 Å². The molecular weight excluding hydrogens is 342 g/mol. The van der Waals surface area contributed by atoms with Gasteiger partial charge in [0.1, 0.15) is 5.75 Å². The molecule has 3 aromatic carbocycles. The molecule has 1 aromatic heterocycles. The molecule has 6 nitrogen and oxygen atoms in total. The van der Waals surface area contributed by atoms with Crippen molar-refractivity contribution < 1.29 is 14.3 Å². The molecule has 0 saturated carbocycles. The normalized spacial score (nSPS) is 11.0. The van der Waals surface area contributed by atoms with Crippen LogP contribution in [0.15, 0.2) is 54.6 Å². The summed E-state index contributed by atoms with van der Waals surface area (Å²) in [6, 6.07) is 16.5. The number of carbonyl (C=O) groups is 2. The second kappa shape index (κ2) is 6.17. The summed E-state index contributed by atoms with van der Waals surface area (Å²) in [5.41, 5.74) is 14.9. The van der Waals surface area contributed by atoms with Gasteiger partial charge in [-0.15, -0.1) is 0 Å². The standard InChI is InChI=1S/C21H17N3O3/c1-27-14-4-2-3-11(7-14)13-8-16-15-6-5-12(20(22)25)10-18(15)24-19(16)17(9-13)21(23)26/h2-10,24H,1H3,(H2,22,25)(H2,23,26). The predicted molar refractivity (Wildman–Crippen MR) is 105 cm³/mol. The highest BCUT2D eigenvalue weighted by atomic mass is 16.5. The summed E-state index contributed by atoms with van der Waals surface area (Å²) in [5.74, 6) is -0.326. The van der Waals surface area contributed by atoms with E-state index in [0.717, 1.165) is 27.6 Å². The minimum absolute atomic E-state index is 0.377. The van der Waals surface area contributed by atoms with Crippen LogP contribution in [-0.2, 0) is 0 Å². The summed E-state index contributed by atoms with van der Waals surface area (Å²) in [7, 11) is 1.60. The molecule has 6 heteroatoms. The zero-order valence-electron chi connectivity index (χ0n) is 14.6. The first kappa shape index (κ1) is 16.7. The molecule has 1 heterocycles.